The van der Waals surface area contributed by atoms with Crippen LogP contribution < -0.4 is 0 Å². The number of carbonyl (C=O) groups excluding carboxylic acids is 1. The maximum atomic E-state index is 13.2. The maximum absolute atomic E-state index is 13.2. The molecule has 0 radical (unpaired) electrons. The number of phosphoric ester groups is 1. The highest BCUT2D eigenvalue weighted by Crippen LogP contribution is 2.58. The minimum atomic E-state index is -3.72. The third-order valence-corrected chi connectivity index (χ3v) is 9.27. The summed E-state index contributed by atoms with van der Waals surface area (Å²) in [4.78, 5) is 11.9. The summed E-state index contributed by atoms with van der Waals surface area (Å²) in [7, 11) is 0.411. The van der Waals surface area contributed by atoms with Crippen LogP contribution in [-0.4, -0.2) is 69.3 Å². The van der Waals surface area contributed by atoms with Gasteiger partial charge in [-0.2, -0.15) is 0 Å². The first-order valence-corrected chi connectivity index (χ1v) is 17.0. The molecule has 2 heterocycles. The van der Waals surface area contributed by atoms with Gasteiger partial charge in [-0.05, 0) is 6.42 Å². The molecule has 2 bridgehead atoms. The highest BCUT2D eigenvalue weighted by Gasteiger charge is 2.50. The number of hydrogen-bond acceptors (Lipinski definition) is 7. The van der Waals surface area contributed by atoms with Gasteiger partial charge in [0.1, 0.15) is 6.10 Å². The summed E-state index contributed by atoms with van der Waals surface area (Å²) >= 11 is 0. The average molecular weight is 563 g/mol. The molecule has 0 saturated carbocycles. The third kappa shape index (κ3) is 13.7. The zero-order valence-electron chi connectivity index (χ0n) is 24.8. The maximum Gasteiger partial charge on any atom is 0.479 e. The molecule has 0 N–H and O–H groups in total. The lowest BCUT2D eigenvalue weighted by Gasteiger charge is -2.47. The van der Waals surface area contributed by atoms with E-state index in [1.165, 1.54) is 77.0 Å². The van der Waals surface area contributed by atoms with E-state index < -0.39 is 13.9 Å². The molecule has 4 atom stereocenters. The van der Waals surface area contributed by atoms with Gasteiger partial charge in [0.25, 0.3) is 0 Å². The van der Waals surface area contributed by atoms with Gasteiger partial charge in [0, 0.05) is 19.4 Å². The highest BCUT2D eigenvalue weighted by molar-refractivity contribution is 7.48. The molecule has 9 heteroatoms. The number of esters is 1. The van der Waals surface area contributed by atoms with Gasteiger partial charge in [-0.25, -0.2) is 9.09 Å². The van der Waals surface area contributed by atoms with E-state index in [1.807, 2.05) is 0 Å². The summed E-state index contributed by atoms with van der Waals surface area (Å²) in [5, 5.41) is 0. The monoisotopic (exact) mass is 562 g/mol. The van der Waals surface area contributed by atoms with Crippen molar-refractivity contribution < 1.29 is 36.9 Å². The molecule has 2 rings (SSSR count). The number of phosphoric acid groups is 1. The Morgan fingerprint density at radius 2 is 1.45 bits per heavy atom. The number of fused-ring (bicyclic) bond motifs is 2. The van der Waals surface area contributed by atoms with Crippen molar-refractivity contribution in [3.8, 4) is 0 Å². The molecule has 0 aromatic carbocycles. The summed E-state index contributed by atoms with van der Waals surface area (Å²) in [5.41, 5.74) is 0. The smallest absolute Gasteiger partial charge is 0.457 e. The summed E-state index contributed by atoms with van der Waals surface area (Å²) in [6.45, 7) is 5.66. The number of unbranched alkanes of at least 4 members (excludes halogenated alkanes) is 13. The van der Waals surface area contributed by atoms with Gasteiger partial charge in [0.2, 0.25) is 6.23 Å². The van der Waals surface area contributed by atoms with Crippen LogP contribution in [0.4, 0.5) is 0 Å². The van der Waals surface area contributed by atoms with Crippen LogP contribution in [0.5, 0.6) is 0 Å². The van der Waals surface area contributed by atoms with Crippen LogP contribution in [0.1, 0.15) is 123 Å². The Balaban J connectivity index is 1.54. The Hall–Kier alpha value is -0.500. The summed E-state index contributed by atoms with van der Waals surface area (Å²) in [5.74, 6) is -0.336. The van der Waals surface area contributed by atoms with E-state index in [2.05, 4.69) is 21.0 Å². The molecule has 4 unspecified atom stereocenters. The predicted molar refractivity (Wildman–Crippen MR) is 151 cm³/mol. The third-order valence-electron chi connectivity index (χ3n) is 7.75. The molecular formula is C29H57NO7P+. The zero-order valence-corrected chi connectivity index (χ0v) is 25.7. The lowest BCUT2D eigenvalue weighted by atomic mass is 10.0. The summed E-state index contributed by atoms with van der Waals surface area (Å²) in [6.07, 6.45) is 19.2. The Morgan fingerprint density at radius 3 is 2.03 bits per heavy atom. The van der Waals surface area contributed by atoms with Crippen LogP contribution >= 0.6 is 7.82 Å². The Labute approximate surface area is 232 Å². The normalized spacial score (nSPS) is 25.3. The van der Waals surface area contributed by atoms with Crippen LogP contribution in [0.15, 0.2) is 0 Å². The number of ether oxygens (including phenoxy) is 2. The number of quaternary nitrogens is 1. The van der Waals surface area contributed by atoms with Gasteiger partial charge in [0.05, 0.1) is 46.4 Å². The van der Waals surface area contributed by atoms with Gasteiger partial charge in [0.15, 0.2) is 0 Å². The van der Waals surface area contributed by atoms with Gasteiger partial charge in [-0.3, -0.25) is 13.8 Å². The number of carbonyl (C=O) groups is 1. The van der Waals surface area contributed by atoms with Crippen LogP contribution in [0.3, 0.4) is 0 Å². The number of nitrogens with zero attached hydrogens (tertiary/aromatic N) is 1. The van der Waals surface area contributed by atoms with Crippen molar-refractivity contribution in [1.82, 2.24) is 0 Å². The SMILES string of the molecule is CCCCCCCCCCCCCCCCOCC(COP1(=O)OC2CC[N+](C)(C)C(C2)O1)OC(=O)CC. The van der Waals surface area contributed by atoms with Crippen LogP contribution in [0, 0.1) is 0 Å². The molecular weight excluding hydrogens is 505 g/mol. The lowest BCUT2D eigenvalue weighted by molar-refractivity contribution is -0.941. The summed E-state index contributed by atoms with van der Waals surface area (Å²) in [6, 6.07) is 0. The first kappa shape index (κ1) is 33.7. The van der Waals surface area contributed by atoms with Crippen molar-refractivity contribution in [3.63, 3.8) is 0 Å². The molecule has 0 spiro atoms. The van der Waals surface area contributed by atoms with E-state index in [1.54, 1.807) is 6.92 Å². The molecule has 8 nitrogen and oxygen atoms in total. The number of hydrogen-bond donors (Lipinski definition) is 0. The van der Waals surface area contributed by atoms with E-state index in [-0.39, 0.29) is 37.9 Å². The first-order valence-electron chi connectivity index (χ1n) is 15.5. The van der Waals surface area contributed by atoms with Gasteiger partial charge in [-0.15, -0.1) is 0 Å². The van der Waals surface area contributed by atoms with E-state index in [0.29, 0.717) is 17.5 Å². The second kappa shape index (κ2) is 18.8. The summed E-state index contributed by atoms with van der Waals surface area (Å²) < 4.78 is 42.1. The molecule has 38 heavy (non-hydrogen) atoms. The van der Waals surface area contributed by atoms with Crippen LogP contribution in [-0.2, 0) is 32.4 Å². The van der Waals surface area contributed by atoms with E-state index >= 15 is 0 Å². The van der Waals surface area contributed by atoms with Crippen molar-refractivity contribution >= 4 is 13.8 Å². The van der Waals surface area contributed by atoms with Crippen molar-refractivity contribution in [3.05, 3.63) is 0 Å². The number of likely N-dealkylation sites (tertiary alicyclic amines) is 1. The number of rotatable bonds is 22. The standard InChI is InChI=1S/C29H57NO7P/c1-5-7-8-9-10-11-12-13-14-15-16-17-18-19-22-33-24-27(35-29(31)6-2)25-34-38(32)36-26-20-21-30(3,4)28(23-26)37-38/h26-28H,5-25H2,1-4H3/q+1. The van der Waals surface area contributed by atoms with Crippen molar-refractivity contribution in [2.75, 3.05) is 40.5 Å². The Kier molecular flexibility index (Phi) is 16.7. The van der Waals surface area contributed by atoms with E-state index in [9.17, 15) is 9.36 Å². The Morgan fingerprint density at radius 1 is 0.868 bits per heavy atom. The van der Waals surface area contributed by atoms with E-state index in [0.717, 1.165) is 25.8 Å². The highest BCUT2D eigenvalue weighted by atomic mass is 31.2. The molecule has 2 saturated heterocycles. The molecule has 0 aromatic rings. The lowest BCUT2D eigenvalue weighted by Crippen LogP contribution is -2.58. The van der Waals surface area contributed by atoms with Gasteiger partial charge < -0.3 is 14.0 Å². The molecule has 0 aliphatic carbocycles. The number of piperidine rings is 1. The van der Waals surface area contributed by atoms with Crippen LogP contribution in [0.2, 0.25) is 0 Å². The second-order valence-corrected chi connectivity index (χ2v) is 13.3. The molecule has 0 aromatic heterocycles. The fourth-order valence-electron chi connectivity index (χ4n) is 5.11. The predicted octanol–water partition coefficient (Wildman–Crippen LogP) is 7.54. The van der Waals surface area contributed by atoms with Crippen molar-refractivity contribution in [2.45, 2.75) is 141 Å². The average Bonchev–Trinajstić information content (AvgIpc) is 2.89. The minimum absolute atomic E-state index is 0.0748. The largest absolute Gasteiger partial charge is 0.479 e. The zero-order chi connectivity index (χ0) is 27.7. The fraction of sp³-hybridized carbons (Fsp3) is 0.966. The first-order chi connectivity index (χ1) is 18.3. The second-order valence-electron chi connectivity index (χ2n) is 11.7. The van der Waals surface area contributed by atoms with Gasteiger partial charge in [-0.1, -0.05) is 97.3 Å². The Bertz CT molecular complexity index is 690. The van der Waals surface area contributed by atoms with Crippen molar-refractivity contribution in [1.29, 1.82) is 0 Å². The minimum Gasteiger partial charge on any atom is -0.457 e. The van der Waals surface area contributed by atoms with Crippen molar-refractivity contribution in [2.24, 2.45) is 0 Å². The van der Waals surface area contributed by atoms with Gasteiger partial charge >= 0.3 is 13.8 Å². The molecule has 2 aliphatic rings. The topological polar surface area (TPSA) is 80.3 Å². The quantitative estimate of drug-likeness (QED) is 0.0583. The van der Waals surface area contributed by atoms with Crippen LogP contribution in [0.25, 0.3) is 0 Å². The molecule has 0 amide bonds. The molecule has 2 fully saturated rings. The molecule has 2 aliphatic heterocycles. The fourth-order valence-corrected chi connectivity index (χ4v) is 6.82. The molecule has 224 valence electrons. The van der Waals surface area contributed by atoms with E-state index in [4.69, 9.17) is 23.0 Å².